The summed E-state index contributed by atoms with van der Waals surface area (Å²) in [5, 5.41) is 4.91. The molecular formula is C18H17BrN2O5. The number of nitrogens with one attached hydrogen (secondary N) is 2. The zero-order valence-electron chi connectivity index (χ0n) is 14.0. The Hall–Kier alpha value is -2.87. The van der Waals surface area contributed by atoms with Gasteiger partial charge in [0.1, 0.15) is 12.2 Å². The highest BCUT2D eigenvalue weighted by atomic mass is 79.9. The second-order valence-corrected chi connectivity index (χ2v) is 5.80. The number of hydrogen-bond donors (Lipinski definition) is 2. The summed E-state index contributed by atoms with van der Waals surface area (Å²) >= 11 is 3.11. The first-order valence-electron chi connectivity index (χ1n) is 7.77. The van der Waals surface area contributed by atoms with E-state index in [0.29, 0.717) is 10.2 Å². The molecule has 2 N–H and O–H groups in total. The van der Waals surface area contributed by atoms with Crippen molar-refractivity contribution in [1.29, 1.82) is 0 Å². The molecule has 2 aromatic rings. The van der Waals surface area contributed by atoms with Gasteiger partial charge in [-0.15, -0.1) is 0 Å². The smallest absolute Gasteiger partial charge is 0.325 e. The topological polar surface area (TPSA) is 97.6 Å². The minimum Gasteiger partial charge on any atom is -0.465 e. The molecule has 8 heteroatoms. The van der Waals surface area contributed by atoms with E-state index in [1.54, 1.807) is 37.3 Å². The molecular weight excluding hydrogens is 404 g/mol. The van der Waals surface area contributed by atoms with Crippen LogP contribution in [0.25, 0.3) is 6.08 Å². The summed E-state index contributed by atoms with van der Waals surface area (Å²) in [6.07, 6.45) is 1.50. The third-order valence-corrected chi connectivity index (χ3v) is 3.53. The highest BCUT2D eigenvalue weighted by Gasteiger charge is 2.18. The predicted molar refractivity (Wildman–Crippen MR) is 97.9 cm³/mol. The number of furan rings is 1. The van der Waals surface area contributed by atoms with Crippen LogP contribution in [0.5, 0.6) is 0 Å². The molecule has 1 aromatic carbocycles. The zero-order chi connectivity index (χ0) is 18.9. The van der Waals surface area contributed by atoms with Crippen molar-refractivity contribution in [3.63, 3.8) is 0 Å². The molecule has 0 unspecified atom stereocenters. The molecule has 0 saturated carbocycles. The van der Waals surface area contributed by atoms with Gasteiger partial charge in [0.15, 0.2) is 10.4 Å². The quantitative estimate of drug-likeness (QED) is 0.529. The Balaban J connectivity index is 2.16. The van der Waals surface area contributed by atoms with E-state index < -0.39 is 17.8 Å². The van der Waals surface area contributed by atoms with Crippen LogP contribution in [-0.2, 0) is 14.3 Å². The summed E-state index contributed by atoms with van der Waals surface area (Å²) in [5.41, 5.74) is 0.674. The fraction of sp³-hybridized carbons (Fsp3) is 0.167. The van der Waals surface area contributed by atoms with Crippen molar-refractivity contribution in [2.75, 3.05) is 13.2 Å². The van der Waals surface area contributed by atoms with Crippen LogP contribution in [0.4, 0.5) is 0 Å². The molecule has 7 nitrogen and oxygen atoms in total. The average molecular weight is 421 g/mol. The van der Waals surface area contributed by atoms with Gasteiger partial charge in [0.25, 0.3) is 11.8 Å². The maximum absolute atomic E-state index is 12.4. The van der Waals surface area contributed by atoms with Crippen LogP contribution in [0.1, 0.15) is 23.0 Å². The van der Waals surface area contributed by atoms with Crippen LogP contribution in [0.3, 0.4) is 0 Å². The molecule has 0 radical (unpaired) electrons. The number of carbonyl (C=O) groups is 3. The molecule has 0 aliphatic heterocycles. The van der Waals surface area contributed by atoms with E-state index >= 15 is 0 Å². The lowest BCUT2D eigenvalue weighted by Crippen LogP contribution is -2.37. The number of esters is 1. The molecule has 0 aliphatic rings. The van der Waals surface area contributed by atoms with Crippen molar-refractivity contribution in [3.8, 4) is 0 Å². The molecule has 1 aromatic heterocycles. The third kappa shape index (κ3) is 5.89. The van der Waals surface area contributed by atoms with Crippen molar-refractivity contribution < 1.29 is 23.5 Å². The molecule has 1 heterocycles. The van der Waals surface area contributed by atoms with Gasteiger partial charge in [-0.2, -0.15) is 0 Å². The van der Waals surface area contributed by atoms with E-state index in [2.05, 4.69) is 26.6 Å². The number of amides is 2. The average Bonchev–Trinajstić information content (AvgIpc) is 3.07. The van der Waals surface area contributed by atoms with Crippen molar-refractivity contribution in [2.24, 2.45) is 0 Å². The van der Waals surface area contributed by atoms with Gasteiger partial charge in [0, 0.05) is 0 Å². The number of halogens is 1. The number of ether oxygens (including phenoxy) is 1. The van der Waals surface area contributed by atoms with Gasteiger partial charge in [-0.1, -0.05) is 30.3 Å². The standard InChI is InChI=1S/C18H17BrN2O5/c1-2-25-16(22)11-20-17(23)13(10-12-6-4-3-5-7-12)21-18(24)14-8-9-15(19)26-14/h3-10H,2,11H2,1H3,(H,20,23)(H,21,24)/b13-10+. The van der Waals surface area contributed by atoms with E-state index in [-0.39, 0.29) is 24.6 Å². The van der Waals surface area contributed by atoms with Crippen molar-refractivity contribution in [2.45, 2.75) is 6.92 Å². The van der Waals surface area contributed by atoms with Gasteiger partial charge < -0.3 is 19.8 Å². The number of hydrogen-bond acceptors (Lipinski definition) is 5. The largest absolute Gasteiger partial charge is 0.465 e. The maximum atomic E-state index is 12.4. The van der Waals surface area contributed by atoms with Crippen LogP contribution < -0.4 is 10.6 Å². The Kier molecular flexibility index (Phi) is 7.16. The predicted octanol–water partition coefficient (Wildman–Crippen LogP) is 2.49. The molecule has 0 spiro atoms. The van der Waals surface area contributed by atoms with Gasteiger partial charge in [-0.3, -0.25) is 14.4 Å². The van der Waals surface area contributed by atoms with Crippen molar-refractivity contribution in [1.82, 2.24) is 10.6 Å². The molecule has 2 rings (SSSR count). The highest BCUT2D eigenvalue weighted by molar-refractivity contribution is 9.10. The van der Waals surface area contributed by atoms with E-state index in [1.165, 1.54) is 12.1 Å². The maximum Gasteiger partial charge on any atom is 0.325 e. The molecule has 136 valence electrons. The normalized spacial score (nSPS) is 10.9. The third-order valence-electron chi connectivity index (χ3n) is 3.10. The van der Waals surface area contributed by atoms with E-state index in [9.17, 15) is 14.4 Å². The Morgan fingerprint density at radius 2 is 1.88 bits per heavy atom. The first-order valence-corrected chi connectivity index (χ1v) is 8.56. The Morgan fingerprint density at radius 3 is 2.50 bits per heavy atom. The van der Waals surface area contributed by atoms with Gasteiger partial charge >= 0.3 is 5.97 Å². The molecule has 0 aliphatic carbocycles. The fourth-order valence-electron chi connectivity index (χ4n) is 1.95. The molecule has 0 atom stereocenters. The fourth-order valence-corrected chi connectivity index (χ4v) is 2.26. The van der Waals surface area contributed by atoms with Crippen LogP contribution in [-0.4, -0.2) is 30.9 Å². The minimum absolute atomic E-state index is 0.0296. The van der Waals surface area contributed by atoms with Gasteiger partial charge in [0.05, 0.1) is 6.61 Å². The number of benzene rings is 1. The molecule has 2 amide bonds. The van der Waals surface area contributed by atoms with Crippen molar-refractivity contribution >= 4 is 39.8 Å². The highest BCUT2D eigenvalue weighted by Crippen LogP contribution is 2.14. The SMILES string of the molecule is CCOC(=O)CNC(=O)/C(=C\c1ccccc1)NC(=O)c1ccc(Br)o1. The molecule has 0 saturated heterocycles. The summed E-state index contributed by atoms with van der Waals surface area (Å²) in [6.45, 7) is 1.58. The van der Waals surface area contributed by atoms with E-state index in [0.717, 1.165) is 0 Å². The van der Waals surface area contributed by atoms with Crippen LogP contribution in [0.2, 0.25) is 0 Å². The minimum atomic E-state index is -0.624. The Labute approximate surface area is 158 Å². The van der Waals surface area contributed by atoms with Gasteiger partial charge in [0.2, 0.25) is 0 Å². The second-order valence-electron chi connectivity index (χ2n) is 5.01. The lowest BCUT2D eigenvalue weighted by Gasteiger charge is -2.10. The first kappa shape index (κ1) is 19.5. The van der Waals surface area contributed by atoms with E-state index in [4.69, 9.17) is 9.15 Å². The molecule has 0 bridgehead atoms. The Morgan fingerprint density at radius 1 is 1.15 bits per heavy atom. The summed E-state index contributed by atoms with van der Waals surface area (Å²) in [6, 6.07) is 12.0. The van der Waals surface area contributed by atoms with E-state index in [1.807, 2.05) is 6.07 Å². The number of carbonyl (C=O) groups excluding carboxylic acids is 3. The number of rotatable bonds is 7. The summed E-state index contributed by atoms with van der Waals surface area (Å²) in [7, 11) is 0. The lowest BCUT2D eigenvalue weighted by molar-refractivity contribution is -0.143. The summed E-state index contributed by atoms with van der Waals surface area (Å²) in [5.74, 6) is -1.75. The molecule has 0 fully saturated rings. The van der Waals surface area contributed by atoms with Gasteiger partial charge in [-0.05, 0) is 46.6 Å². The first-order chi connectivity index (χ1) is 12.5. The van der Waals surface area contributed by atoms with Crippen LogP contribution >= 0.6 is 15.9 Å². The molecule has 26 heavy (non-hydrogen) atoms. The summed E-state index contributed by atoms with van der Waals surface area (Å²) in [4.78, 5) is 36.1. The van der Waals surface area contributed by atoms with Crippen LogP contribution in [0.15, 0.2) is 57.2 Å². The van der Waals surface area contributed by atoms with Crippen LogP contribution in [0, 0.1) is 0 Å². The summed E-state index contributed by atoms with van der Waals surface area (Å²) < 4.78 is 10.3. The van der Waals surface area contributed by atoms with Gasteiger partial charge in [-0.25, -0.2) is 0 Å². The second kappa shape index (κ2) is 9.57. The zero-order valence-corrected chi connectivity index (χ0v) is 15.5. The van der Waals surface area contributed by atoms with Crippen molar-refractivity contribution in [3.05, 3.63) is 64.2 Å². The Bertz CT molecular complexity index is 814. The monoisotopic (exact) mass is 420 g/mol. The lowest BCUT2D eigenvalue weighted by atomic mass is 10.2.